The Kier molecular flexibility index (Phi) is 9.38. The van der Waals surface area contributed by atoms with Gasteiger partial charge in [0, 0.05) is 20.1 Å². The van der Waals surface area contributed by atoms with Crippen molar-refractivity contribution in [3.05, 3.63) is 96.1 Å². The van der Waals surface area contributed by atoms with Gasteiger partial charge in [-0.05, 0) is 44.8 Å². The predicted molar refractivity (Wildman–Crippen MR) is 153 cm³/mol. The van der Waals surface area contributed by atoms with Crippen LogP contribution >= 0.6 is 0 Å². The number of carbonyl (C=O) groups is 1. The van der Waals surface area contributed by atoms with Crippen LogP contribution in [0.3, 0.4) is 0 Å². The molecule has 0 aliphatic carbocycles. The fraction of sp³-hybridized carbons (Fsp3) is 0.344. The van der Waals surface area contributed by atoms with Gasteiger partial charge in [-0.25, -0.2) is 0 Å². The van der Waals surface area contributed by atoms with Crippen molar-refractivity contribution in [3.8, 4) is 0 Å². The number of amides is 1. The molecule has 1 saturated heterocycles. The van der Waals surface area contributed by atoms with E-state index in [1.54, 1.807) is 7.11 Å². The largest absolute Gasteiger partial charge is 0.388 e. The van der Waals surface area contributed by atoms with Crippen LogP contribution in [0.25, 0.3) is 21.5 Å². The minimum Gasteiger partial charge on any atom is -0.388 e. The molecule has 8 nitrogen and oxygen atoms in total. The summed E-state index contributed by atoms with van der Waals surface area (Å²) in [5, 5.41) is 18.7. The fourth-order valence-electron chi connectivity index (χ4n) is 5.13. The third-order valence-corrected chi connectivity index (χ3v) is 7.19. The summed E-state index contributed by atoms with van der Waals surface area (Å²) in [6.07, 6.45) is -3.36. The van der Waals surface area contributed by atoms with Crippen LogP contribution in [0, 0.1) is 0 Å². The molecule has 0 spiro atoms. The van der Waals surface area contributed by atoms with Gasteiger partial charge < -0.3 is 35.1 Å². The Balaban J connectivity index is 1.37. The van der Waals surface area contributed by atoms with Gasteiger partial charge in [0.2, 0.25) is 5.91 Å². The first-order valence-electron chi connectivity index (χ1n) is 13.6. The number of nitrogens with one attached hydrogen (secondary N) is 1. The van der Waals surface area contributed by atoms with Crippen molar-refractivity contribution >= 4 is 27.5 Å². The Morgan fingerprint density at radius 1 is 0.875 bits per heavy atom. The number of rotatable bonds is 11. The molecule has 1 heterocycles. The van der Waals surface area contributed by atoms with E-state index < -0.39 is 30.6 Å². The van der Waals surface area contributed by atoms with E-state index in [4.69, 9.17) is 24.7 Å². The molecular formula is C32H36N2O6. The molecular weight excluding hydrogens is 508 g/mol. The number of ether oxygens (including phenoxy) is 4. The SMILES string of the molecule is COC[C@H]1O[C@H](OCc2ccc3ccccc3c2)[C@H](NC(=O)CCN)[C@H](OCc2ccc3ccccc3c2)[C@@H]1O. The fourth-order valence-corrected chi connectivity index (χ4v) is 5.13. The van der Waals surface area contributed by atoms with Crippen molar-refractivity contribution in [2.75, 3.05) is 20.3 Å². The third kappa shape index (κ3) is 6.67. The van der Waals surface area contributed by atoms with Gasteiger partial charge in [-0.1, -0.05) is 72.8 Å². The number of aliphatic hydroxyl groups is 1. The Labute approximate surface area is 234 Å². The summed E-state index contributed by atoms with van der Waals surface area (Å²) in [5.41, 5.74) is 7.53. The molecule has 4 aromatic rings. The number of aliphatic hydroxyl groups excluding tert-OH is 1. The van der Waals surface area contributed by atoms with E-state index in [-0.39, 0.29) is 38.7 Å². The van der Waals surface area contributed by atoms with E-state index in [0.29, 0.717) is 0 Å². The Bertz CT molecular complexity index is 1430. The summed E-state index contributed by atoms with van der Waals surface area (Å²) < 4.78 is 24.1. The Morgan fingerprint density at radius 3 is 2.02 bits per heavy atom. The quantitative estimate of drug-likeness (QED) is 0.264. The monoisotopic (exact) mass is 544 g/mol. The van der Waals surface area contributed by atoms with Crippen LogP contribution in [0.1, 0.15) is 17.5 Å². The van der Waals surface area contributed by atoms with Crippen molar-refractivity contribution in [2.45, 2.75) is 50.3 Å². The van der Waals surface area contributed by atoms with Gasteiger partial charge in [-0.2, -0.15) is 0 Å². The van der Waals surface area contributed by atoms with Gasteiger partial charge in [-0.3, -0.25) is 4.79 Å². The average Bonchev–Trinajstić information content (AvgIpc) is 2.97. The molecule has 4 aromatic carbocycles. The highest BCUT2D eigenvalue weighted by Crippen LogP contribution is 2.28. The van der Waals surface area contributed by atoms with Crippen LogP contribution in [-0.2, 0) is 37.0 Å². The minimum absolute atomic E-state index is 0.128. The molecule has 1 aliphatic heterocycles. The maximum absolute atomic E-state index is 12.7. The summed E-state index contributed by atoms with van der Waals surface area (Å²) in [5.74, 6) is -0.271. The molecule has 0 radical (unpaired) electrons. The summed E-state index contributed by atoms with van der Waals surface area (Å²) in [4.78, 5) is 12.7. The van der Waals surface area contributed by atoms with Gasteiger partial charge in [0.05, 0.1) is 19.8 Å². The molecule has 40 heavy (non-hydrogen) atoms. The molecule has 1 aliphatic rings. The lowest BCUT2D eigenvalue weighted by Gasteiger charge is -2.44. The van der Waals surface area contributed by atoms with Crippen molar-refractivity contribution in [1.82, 2.24) is 5.32 Å². The van der Waals surface area contributed by atoms with Crippen molar-refractivity contribution < 1.29 is 28.8 Å². The van der Waals surface area contributed by atoms with Crippen molar-refractivity contribution in [3.63, 3.8) is 0 Å². The van der Waals surface area contributed by atoms with Crippen LogP contribution in [0.4, 0.5) is 0 Å². The molecule has 1 fully saturated rings. The number of carbonyl (C=O) groups excluding carboxylic acids is 1. The topological polar surface area (TPSA) is 112 Å². The molecule has 0 saturated carbocycles. The molecule has 210 valence electrons. The third-order valence-electron chi connectivity index (χ3n) is 7.19. The Morgan fingerprint density at radius 2 is 1.45 bits per heavy atom. The summed E-state index contributed by atoms with van der Waals surface area (Å²) in [7, 11) is 1.54. The second-order valence-corrected chi connectivity index (χ2v) is 10.1. The molecule has 5 atom stereocenters. The number of nitrogens with two attached hydrogens (primary N) is 1. The van der Waals surface area contributed by atoms with E-state index in [9.17, 15) is 9.90 Å². The van der Waals surface area contributed by atoms with E-state index in [0.717, 1.165) is 32.7 Å². The summed E-state index contributed by atoms with van der Waals surface area (Å²) in [6, 6.07) is 27.6. The van der Waals surface area contributed by atoms with Crippen LogP contribution in [0.2, 0.25) is 0 Å². The maximum Gasteiger partial charge on any atom is 0.221 e. The van der Waals surface area contributed by atoms with E-state index in [1.165, 1.54) is 0 Å². The lowest BCUT2D eigenvalue weighted by atomic mass is 9.96. The molecule has 5 rings (SSSR count). The van der Waals surface area contributed by atoms with E-state index >= 15 is 0 Å². The first-order chi connectivity index (χ1) is 19.6. The smallest absolute Gasteiger partial charge is 0.221 e. The van der Waals surface area contributed by atoms with Crippen LogP contribution < -0.4 is 11.1 Å². The first-order valence-corrected chi connectivity index (χ1v) is 13.6. The maximum atomic E-state index is 12.7. The minimum atomic E-state index is -1.07. The second kappa shape index (κ2) is 13.3. The number of fused-ring (bicyclic) bond motifs is 2. The standard InChI is InChI=1S/C32H36N2O6/c1-37-20-27-30(36)31(38-18-21-10-12-23-6-2-4-8-25(23)16-21)29(34-28(35)14-15-33)32(40-27)39-19-22-11-13-24-7-3-5-9-26(24)17-22/h2-13,16-17,27,29-32,36H,14-15,18-20,33H2,1H3,(H,34,35)/t27-,29-,30-,31+,32+/m1/s1. The highest BCUT2D eigenvalue weighted by atomic mass is 16.7. The zero-order chi connectivity index (χ0) is 27.9. The number of methoxy groups -OCH3 is 1. The van der Waals surface area contributed by atoms with Gasteiger partial charge in [0.25, 0.3) is 0 Å². The molecule has 0 aromatic heterocycles. The zero-order valence-electron chi connectivity index (χ0n) is 22.6. The Hall–Kier alpha value is -3.37. The average molecular weight is 545 g/mol. The van der Waals surface area contributed by atoms with E-state index in [1.807, 2.05) is 60.7 Å². The van der Waals surface area contributed by atoms with Gasteiger partial charge in [-0.15, -0.1) is 0 Å². The van der Waals surface area contributed by atoms with Crippen LogP contribution in [0.15, 0.2) is 84.9 Å². The van der Waals surface area contributed by atoms with Gasteiger partial charge in [0.1, 0.15) is 24.4 Å². The number of hydrogen-bond acceptors (Lipinski definition) is 7. The highest BCUT2D eigenvalue weighted by molar-refractivity contribution is 5.83. The zero-order valence-corrected chi connectivity index (χ0v) is 22.6. The molecule has 1 amide bonds. The number of benzene rings is 4. The molecule has 8 heteroatoms. The van der Waals surface area contributed by atoms with Gasteiger partial charge >= 0.3 is 0 Å². The van der Waals surface area contributed by atoms with Crippen LogP contribution in [-0.4, -0.2) is 61.9 Å². The number of hydrogen-bond donors (Lipinski definition) is 3. The normalized spacial score (nSPS) is 22.9. The lowest BCUT2D eigenvalue weighted by molar-refractivity contribution is -0.282. The first kappa shape index (κ1) is 28.2. The molecule has 0 unspecified atom stereocenters. The van der Waals surface area contributed by atoms with Gasteiger partial charge in [0.15, 0.2) is 6.29 Å². The summed E-state index contributed by atoms with van der Waals surface area (Å²) >= 11 is 0. The lowest BCUT2D eigenvalue weighted by Crippen LogP contribution is -2.65. The highest BCUT2D eigenvalue weighted by Gasteiger charge is 2.47. The summed E-state index contributed by atoms with van der Waals surface area (Å²) in [6.45, 7) is 0.800. The van der Waals surface area contributed by atoms with E-state index in [2.05, 4.69) is 29.6 Å². The predicted octanol–water partition coefficient (Wildman–Crippen LogP) is 3.66. The molecule has 0 bridgehead atoms. The van der Waals surface area contributed by atoms with Crippen molar-refractivity contribution in [1.29, 1.82) is 0 Å². The van der Waals surface area contributed by atoms with Crippen molar-refractivity contribution in [2.24, 2.45) is 5.73 Å². The van der Waals surface area contributed by atoms with Crippen LogP contribution in [0.5, 0.6) is 0 Å². The second-order valence-electron chi connectivity index (χ2n) is 10.1. The molecule has 4 N–H and O–H groups in total.